The van der Waals surface area contributed by atoms with Crippen molar-refractivity contribution >= 4 is 16.8 Å². The zero-order valence-electron chi connectivity index (χ0n) is 19.9. The van der Waals surface area contributed by atoms with Gasteiger partial charge in [-0.05, 0) is 60.3 Å². The van der Waals surface area contributed by atoms with Gasteiger partial charge in [0, 0.05) is 44.9 Å². The summed E-state index contributed by atoms with van der Waals surface area (Å²) in [5, 5.41) is 1.04. The van der Waals surface area contributed by atoms with E-state index in [-0.39, 0.29) is 17.6 Å². The van der Waals surface area contributed by atoms with E-state index in [0.717, 1.165) is 41.5 Å². The average Bonchev–Trinajstić information content (AvgIpc) is 3.21. The first kappa shape index (κ1) is 23.1. The molecule has 1 aliphatic carbocycles. The number of carbonyl (C=O) groups excluding carboxylic acids is 1. The Morgan fingerprint density at radius 3 is 2.53 bits per heavy atom. The lowest BCUT2D eigenvalue weighted by Gasteiger charge is -2.32. The van der Waals surface area contributed by atoms with E-state index in [9.17, 15) is 9.18 Å². The molecule has 1 saturated carbocycles. The molecule has 3 aromatic rings. The highest BCUT2D eigenvalue weighted by Gasteiger charge is 2.30. The third kappa shape index (κ3) is 4.25. The maximum Gasteiger partial charge on any atom is 0.256 e. The molecule has 1 amide bonds. The summed E-state index contributed by atoms with van der Waals surface area (Å²) in [6.45, 7) is 2.99. The number of benzene rings is 2. The predicted molar refractivity (Wildman–Crippen MR) is 133 cm³/mol. The van der Waals surface area contributed by atoms with E-state index in [1.165, 1.54) is 36.4 Å². The van der Waals surface area contributed by atoms with Gasteiger partial charge in [0.2, 0.25) is 0 Å². The Labute approximate surface area is 200 Å². The number of piperidine rings is 1. The van der Waals surface area contributed by atoms with E-state index in [1.807, 2.05) is 17.2 Å². The van der Waals surface area contributed by atoms with E-state index in [1.54, 1.807) is 13.2 Å². The lowest BCUT2D eigenvalue weighted by molar-refractivity contribution is 0.0714. The van der Waals surface area contributed by atoms with Gasteiger partial charge in [-0.2, -0.15) is 0 Å². The third-order valence-corrected chi connectivity index (χ3v) is 7.76. The van der Waals surface area contributed by atoms with Gasteiger partial charge in [0.25, 0.3) is 5.91 Å². The minimum atomic E-state index is -0.174. The Morgan fingerprint density at radius 1 is 1.09 bits per heavy atom. The van der Waals surface area contributed by atoms with Gasteiger partial charge in [-0.1, -0.05) is 36.8 Å². The van der Waals surface area contributed by atoms with Crippen LogP contribution in [-0.4, -0.2) is 42.2 Å². The highest BCUT2D eigenvalue weighted by atomic mass is 19.1. The second-order valence-electron chi connectivity index (χ2n) is 9.73. The molecule has 2 heterocycles. The van der Waals surface area contributed by atoms with Crippen molar-refractivity contribution in [1.82, 2.24) is 9.47 Å². The number of aromatic nitrogens is 1. The van der Waals surface area contributed by atoms with Crippen molar-refractivity contribution in [2.24, 2.45) is 5.73 Å². The number of hydrogen-bond acceptors (Lipinski definition) is 3. The van der Waals surface area contributed by atoms with Crippen LogP contribution >= 0.6 is 0 Å². The quantitative estimate of drug-likeness (QED) is 0.526. The molecule has 2 N–H and O–H groups in total. The molecule has 1 aliphatic heterocycles. The number of likely N-dealkylation sites (tertiary alicyclic amines) is 1. The maximum absolute atomic E-state index is 14.5. The summed E-state index contributed by atoms with van der Waals surface area (Å²) in [4.78, 5) is 15.6. The first-order valence-electron chi connectivity index (χ1n) is 12.5. The Balaban J connectivity index is 1.39. The number of hydrogen-bond donors (Lipinski definition) is 1. The molecule has 1 aromatic heterocycles. The van der Waals surface area contributed by atoms with Crippen LogP contribution in [0.15, 0.2) is 42.6 Å². The molecule has 180 valence electrons. The molecule has 2 aliphatic rings. The fraction of sp³-hybridized carbons (Fsp3) is 0.464. The molecule has 0 spiro atoms. The van der Waals surface area contributed by atoms with Crippen LogP contribution < -0.4 is 5.73 Å². The highest BCUT2D eigenvalue weighted by Crippen LogP contribution is 2.41. The van der Waals surface area contributed by atoms with Gasteiger partial charge in [-0.25, -0.2) is 4.39 Å². The number of rotatable bonds is 7. The van der Waals surface area contributed by atoms with Crippen molar-refractivity contribution in [3.8, 4) is 0 Å². The van der Waals surface area contributed by atoms with Crippen molar-refractivity contribution in [2.45, 2.75) is 57.0 Å². The molecule has 6 heteroatoms. The summed E-state index contributed by atoms with van der Waals surface area (Å²) in [5.41, 5.74) is 10.7. The monoisotopic (exact) mass is 463 g/mol. The molecule has 5 rings (SSSR count). The number of amides is 1. The normalized spacial score (nSPS) is 17.3. The van der Waals surface area contributed by atoms with Gasteiger partial charge in [-0.15, -0.1) is 0 Å². The van der Waals surface area contributed by atoms with E-state index in [2.05, 4.69) is 22.8 Å². The maximum atomic E-state index is 14.5. The number of nitrogens with zero attached hydrogens (tertiary/aromatic N) is 2. The third-order valence-electron chi connectivity index (χ3n) is 7.76. The van der Waals surface area contributed by atoms with Gasteiger partial charge < -0.3 is 19.9 Å². The van der Waals surface area contributed by atoms with Gasteiger partial charge in [0.15, 0.2) is 0 Å². The van der Waals surface area contributed by atoms with Crippen LogP contribution in [0.5, 0.6) is 0 Å². The summed E-state index contributed by atoms with van der Waals surface area (Å²) in [5.74, 6) is 0.592. The predicted octanol–water partition coefficient (Wildman–Crippen LogP) is 5.17. The summed E-state index contributed by atoms with van der Waals surface area (Å²) in [7, 11) is 1.71. The molecule has 0 unspecified atom stereocenters. The smallest absolute Gasteiger partial charge is 0.256 e. The summed E-state index contributed by atoms with van der Waals surface area (Å²) in [6.07, 6.45) is 7.24. The van der Waals surface area contributed by atoms with E-state index in [0.29, 0.717) is 32.2 Å². The number of methoxy groups -OCH3 is 1. The largest absolute Gasteiger partial charge is 0.383 e. The van der Waals surface area contributed by atoms with Crippen molar-refractivity contribution in [3.05, 3.63) is 70.7 Å². The molecule has 1 saturated heterocycles. The number of fused-ring (bicyclic) bond motifs is 1. The highest BCUT2D eigenvalue weighted by molar-refractivity contribution is 6.07. The second-order valence-corrected chi connectivity index (χ2v) is 9.73. The van der Waals surface area contributed by atoms with Crippen LogP contribution in [0.2, 0.25) is 0 Å². The Morgan fingerprint density at radius 2 is 1.85 bits per heavy atom. The fourth-order valence-corrected chi connectivity index (χ4v) is 5.57. The topological polar surface area (TPSA) is 60.5 Å². The molecule has 0 bridgehead atoms. The lowest BCUT2D eigenvalue weighted by atomic mass is 9.79. The lowest BCUT2D eigenvalue weighted by Crippen LogP contribution is -2.38. The molecule has 5 nitrogen and oxygen atoms in total. The standard InChI is InChI=1S/C28H34FN3O2/c1-34-15-14-32-18-25(23-7-3-6-22(27(23)32)20-4-2-5-20)28(33)31-12-10-21(11-13-31)24-16-19(17-30)8-9-26(24)29/h3,6-9,16,18,20-21H,2,4-5,10-15,17,30H2,1H3. The minimum Gasteiger partial charge on any atom is -0.383 e. The molecular weight excluding hydrogens is 429 g/mol. The first-order chi connectivity index (χ1) is 16.6. The summed E-state index contributed by atoms with van der Waals surface area (Å²) >= 11 is 0. The van der Waals surface area contributed by atoms with Crippen molar-refractivity contribution in [2.75, 3.05) is 26.8 Å². The van der Waals surface area contributed by atoms with E-state index >= 15 is 0 Å². The number of nitrogens with two attached hydrogens (primary N) is 1. The molecule has 34 heavy (non-hydrogen) atoms. The summed E-state index contributed by atoms with van der Waals surface area (Å²) in [6, 6.07) is 11.5. The van der Waals surface area contributed by atoms with Gasteiger partial charge in [0.05, 0.1) is 17.7 Å². The van der Waals surface area contributed by atoms with E-state index < -0.39 is 0 Å². The fourth-order valence-electron chi connectivity index (χ4n) is 5.57. The molecule has 2 fully saturated rings. The number of halogens is 1. The zero-order valence-corrected chi connectivity index (χ0v) is 19.9. The van der Waals surface area contributed by atoms with Gasteiger partial charge in [-0.3, -0.25) is 4.79 Å². The van der Waals surface area contributed by atoms with Crippen molar-refractivity contribution < 1.29 is 13.9 Å². The van der Waals surface area contributed by atoms with Crippen LogP contribution in [0.1, 0.15) is 71.0 Å². The van der Waals surface area contributed by atoms with Crippen LogP contribution in [0.3, 0.4) is 0 Å². The number of ether oxygens (including phenoxy) is 1. The van der Waals surface area contributed by atoms with Crippen LogP contribution in [-0.2, 0) is 17.8 Å². The SMILES string of the molecule is COCCn1cc(C(=O)N2CCC(c3cc(CN)ccc3F)CC2)c2cccc(C3CCC3)c21. The molecule has 0 radical (unpaired) electrons. The summed E-state index contributed by atoms with van der Waals surface area (Å²) < 4.78 is 22.0. The van der Waals surface area contributed by atoms with E-state index in [4.69, 9.17) is 10.5 Å². The van der Waals surface area contributed by atoms with Gasteiger partial charge >= 0.3 is 0 Å². The van der Waals surface area contributed by atoms with Gasteiger partial charge in [0.1, 0.15) is 5.82 Å². The average molecular weight is 464 g/mol. The van der Waals surface area contributed by atoms with Crippen molar-refractivity contribution in [1.29, 1.82) is 0 Å². The first-order valence-corrected chi connectivity index (χ1v) is 12.5. The zero-order chi connectivity index (χ0) is 23.7. The second kappa shape index (κ2) is 9.88. The molecule has 0 atom stereocenters. The number of para-hydroxylation sites is 1. The molecular formula is C28H34FN3O2. The Kier molecular flexibility index (Phi) is 6.70. The van der Waals surface area contributed by atoms with Crippen LogP contribution in [0, 0.1) is 5.82 Å². The Hall–Kier alpha value is -2.70. The van der Waals surface area contributed by atoms with Crippen LogP contribution in [0.4, 0.5) is 4.39 Å². The van der Waals surface area contributed by atoms with Crippen LogP contribution in [0.25, 0.3) is 10.9 Å². The Bertz CT molecular complexity index is 1180. The van der Waals surface area contributed by atoms with Crippen molar-refractivity contribution in [3.63, 3.8) is 0 Å². The number of carbonyl (C=O) groups is 1. The minimum absolute atomic E-state index is 0.0709. The molecule has 2 aromatic carbocycles.